The predicted molar refractivity (Wildman–Crippen MR) is 126 cm³/mol. The number of nitrogens with one attached hydrogen (secondary N) is 3. The lowest BCUT2D eigenvalue weighted by Gasteiger charge is -2.12. The molecule has 0 fully saturated rings. The van der Waals surface area contributed by atoms with Crippen LogP contribution in [0.15, 0.2) is 39.5 Å². The molecular weight excluding hydrogens is 533 g/mol. The smallest absolute Gasteiger partial charge is 0.240 e. The largest absolute Gasteiger partial charge is 0.355 e. The number of aliphatic imine (C=N–C) groups is 1. The highest BCUT2D eigenvalue weighted by atomic mass is 127. The van der Waals surface area contributed by atoms with Crippen molar-refractivity contribution in [1.82, 2.24) is 20.3 Å². The Hall–Kier alpha value is -0.950. The number of rotatable bonds is 8. The van der Waals surface area contributed by atoms with Crippen molar-refractivity contribution in [2.45, 2.75) is 31.2 Å². The molecule has 0 aliphatic heterocycles. The SMILES string of the molecule is CN=C(NCCNS(=O)(=O)c1cccc(Cl)c1)NCc1nc(C(C)C)cs1.I. The number of sulfonamides is 1. The summed E-state index contributed by atoms with van der Waals surface area (Å²) in [6.45, 7) is 5.37. The average molecular weight is 558 g/mol. The molecule has 0 atom stereocenters. The van der Waals surface area contributed by atoms with E-state index in [4.69, 9.17) is 11.6 Å². The van der Waals surface area contributed by atoms with Crippen molar-refractivity contribution in [3.8, 4) is 0 Å². The Bertz CT molecular complexity index is 887. The van der Waals surface area contributed by atoms with Gasteiger partial charge in [0.1, 0.15) is 5.01 Å². The van der Waals surface area contributed by atoms with E-state index >= 15 is 0 Å². The van der Waals surface area contributed by atoms with E-state index in [1.165, 1.54) is 12.1 Å². The van der Waals surface area contributed by atoms with Crippen molar-refractivity contribution in [1.29, 1.82) is 0 Å². The van der Waals surface area contributed by atoms with Crippen LogP contribution < -0.4 is 15.4 Å². The van der Waals surface area contributed by atoms with Crippen molar-refractivity contribution in [3.63, 3.8) is 0 Å². The van der Waals surface area contributed by atoms with E-state index in [0.717, 1.165) is 10.7 Å². The molecule has 11 heteroatoms. The number of halogens is 2. The normalized spacial score (nSPS) is 12.0. The highest BCUT2D eigenvalue weighted by molar-refractivity contribution is 14.0. The van der Waals surface area contributed by atoms with Crippen LogP contribution in [0, 0.1) is 0 Å². The summed E-state index contributed by atoms with van der Waals surface area (Å²) in [5, 5.41) is 9.65. The molecule has 28 heavy (non-hydrogen) atoms. The van der Waals surface area contributed by atoms with Gasteiger partial charge in [0.15, 0.2) is 5.96 Å². The van der Waals surface area contributed by atoms with Gasteiger partial charge in [0.25, 0.3) is 0 Å². The first-order valence-electron chi connectivity index (χ1n) is 8.46. The first kappa shape index (κ1) is 25.1. The van der Waals surface area contributed by atoms with Gasteiger partial charge in [0, 0.05) is 30.5 Å². The summed E-state index contributed by atoms with van der Waals surface area (Å²) < 4.78 is 27.0. The lowest BCUT2D eigenvalue weighted by molar-refractivity contribution is 0.580. The molecule has 2 aromatic rings. The Morgan fingerprint density at radius 3 is 2.64 bits per heavy atom. The fraction of sp³-hybridized carbons (Fsp3) is 0.412. The summed E-state index contributed by atoms with van der Waals surface area (Å²) in [6.07, 6.45) is 0. The number of thiazole rings is 1. The number of aromatic nitrogens is 1. The minimum Gasteiger partial charge on any atom is -0.355 e. The maximum Gasteiger partial charge on any atom is 0.240 e. The minimum atomic E-state index is -3.59. The van der Waals surface area contributed by atoms with Crippen molar-refractivity contribution >= 4 is 62.9 Å². The molecule has 2 rings (SSSR count). The zero-order valence-electron chi connectivity index (χ0n) is 15.9. The molecule has 0 amide bonds. The summed E-state index contributed by atoms with van der Waals surface area (Å²) in [5.74, 6) is 0.984. The van der Waals surface area contributed by atoms with Crippen LogP contribution in [-0.2, 0) is 16.6 Å². The Morgan fingerprint density at radius 1 is 1.29 bits per heavy atom. The first-order chi connectivity index (χ1) is 12.8. The van der Waals surface area contributed by atoms with Gasteiger partial charge in [0.05, 0.1) is 17.1 Å². The third-order valence-electron chi connectivity index (χ3n) is 3.61. The molecule has 0 aliphatic rings. The molecule has 7 nitrogen and oxygen atoms in total. The van der Waals surface area contributed by atoms with Gasteiger partial charge in [-0.05, 0) is 24.1 Å². The summed E-state index contributed by atoms with van der Waals surface area (Å²) in [5.41, 5.74) is 1.08. The molecule has 0 spiro atoms. The van der Waals surface area contributed by atoms with Gasteiger partial charge in [-0.25, -0.2) is 18.1 Å². The molecule has 0 aliphatic carbocycles. The van der Waals surface area contributed by atoms with E-state index in [1.54, 1.807) is 30.5 Å². The molecule has 0 saturated heterocycles. The number of benzene rings is 1. The molecule has 0 bridgehead atoms. The second-order valence-electron chi connectivity index (χ2n) is 6.03. The van der Waals surface area contributed by atoms with Crippen LogP contribution in [0.3, 0.4) is 0 Å². The van der Waals surface area contributed by atoms with Gasteiger partial charge in [0.2, 0.25) is 10.0 Å². The number of guanidine groups is 1. The Morgan fingerprint density at radius 2 is 2.04 bits per heavy atom. The monoisotopic (exact) mass is 557 g/mol. The van der Waals surface area contributed by atoms with Crippen molar-refractivity contribution in [2.24, 2.45) is 4.99 Å². The summed E-state index contributed by atoms with van der Waals surface area (Å²) in [7, 11) is -1.93. The van der Waals surface area contributed by atoms with Crippen LogP contribution in [0.4, 0.5) is 0 Å². The minimum absolute atomic E-state index is 0. The van der Waals surface area contributed by atoms with E-state index in [9.17, 15) is 8.42 Å². The van der Waals surface area contributed by atoms with Crippen LogP contribution in [0.2, 0.25) is 5.02 Å². The van der Waals surface area contributed by atoms with E-state index in [2.05, 4.69) is 44.6 Å². The van der Waals surface area contributed by atoms with Crippen LogP contribution in [-0.4, -0.2) is 39.5 Å². The zero-order valence-corrected chi connectivity index (χ0v) is 20.6. The van der Waals surface area contributed by atoms with E-state index < -0.39 is 10.0 Å². The van der Waals surface area contributed by atoms with Crippen molar-refractivity contribution in [3.05, 3.63) is 45.4 Å². The Balaban J connectivity index is 0.00000392. The molecule has 0 unspecified atom stereocenters. The van der Waals surface area contributed by atoms with Crippen LogP contribution in [0.25, 0.3) is 0 Å². The van der Waals surface area contributed by atoms with Gasteiger partial charge in [-0.2, -0.15) is 0 Å². The summed E-state index contributed by atoms with van der Waals surface area (Å²) in [6, 6.07) is 6.15. The van der Waals surface area contributed by atoms with E-state index in [0.29, 0.717) is 30.0 Å². The summed E-state index contributed by atoms with van der Waals surface area (Å²) >= 11 is 7.45. The topological polar surface area (TPSA) is 95.5 Å². The lowest BCUT2D eigenvalue weighted by Crippen LogP contribution is -2.41. The predicted octanol–water partition coefficient (Wildman–Crippen LogP) is 3.18. The van der Waals surface area contributed by atoms with Crippen LogP contribution in [0.5, 0.6) is 0 Å². The first-order valence-corrected chi connectivity index (χ1v) is 11.2. The van der Waals surface area contributed by atoms with E-state index in [1.807, 2.05) is 0 Å². The lowest BCUT2D eigenvalue weighted by atomic mass is 10.2. The Kier molecular flexibility index (Phi) is 10.7. The van der Waals surface area contributed by atoms with Gasteiger partial charge in [-0.3, -0.25) is 4.99 Å². The maximum absolute atomic E-state index is 12.2. The third kappa shape index (κ3) is 7.82. The van der Waals surface area contributed by atoms with Crippen LogP contribution >= 0.6 is 46.9 Å². The average Bonchev–Trinajstić information content (AvgIpc) is 3.10. The quantitative estimate of drug-likeness (QED) is 0.201. The fourth-order valence-corrected chi connectivity index (χ4v) is 4.36. The van der Waals surface area contributed by atoms with Gasteiger partial charge in [-0.15, -0.1) is 35.3 Å². The molecule has 0 saturated carbocycles. The van der Waals surface area contributed by atoms with Crippen molar-refractivity contribution in [2.75, 3.05) is 20.1 Å². The number of hydrogen-bond donors (Lipinski definition) is 3. The van der Waals surface area contributed by atoms with Crippen molar-refractivity contribution < 1.29 is 8.42 Å². The Labute approximate surface area is 192 Å². The van der Waals surface area contributed by atoms with Crippen LogP contribution in [0.1, 0.15) is 30.5 Å². The van der Waals surface area contributed by atoms with Gasteiger partial charge < -0.3 is 10.6 Å². The third-order valence-corrected chi connectivity index (χ3v) is 6.17. The maximum atomic E-state index is 12.2. The molecule has 1 heterocycles. The second kappa shape index (κ2) is 11.9. The molecule has 1 aromatic heterocycles. The summed E-state index contributed by atoms with van der Waals surface area (Å²) in [4.78, 5) is 8.82. The highest BCUT2D eigenvalue weighted by Gasteiger charge is 2.13. The molecule has 0 radical (unpaired) electrons. The number of hydrogen-bond acceptors (Lipinski definition) is 5. The van der Waals surface area contributed by atoms with E-state index in [-0.39, 0.29) is 35.4 Å². The second-order valence-corrected chi connectivity index (χ2v) is 9.17. The molecule has 156 valence electrons. The highest BCUT2D eigenvalue weighted by Crippen LogP contribution is 2.17. The fourth-order valence-electron chi connectivity index (χ4n) is 2.14. The zero-order chi connectivity index (χ0) is 19.9. The standard InChI is InChI=1S/C17H24ClN5O2S2.HI/c1-12(2)15-11-26-16(23-15)10-21-17(19-3)20-7-8-22-27(24,25)14-6-4-5-13(18)9-14;/h4-6,9,11-12,22H,7-8,10H2,1-3H3,(H2,19,20,21);1H. The van der Waals surface area contributed by atoms with Gasteiger partial charge >= 0.3 is 0 Å². The molecule has 3 N–H and O–H groups in total. The molecule has 1 aromatic carbocycles. The van der Waals surface area contributed by atoms with Gasteiger partial charge in [-0.1, -0.05) is 31.5 Å². The number of nitrogens with zero attached hydrogens (tertiary/aromatic N) is 2. The molecular formula is C17H25ClIN5O2S2.